The fourth-order valence-electron chi connectivity index (χ4n) is 3.38. The minimum Gasteiger partial charge on any atom is -0.467 e. The second-order valence-corrected chi connectivity index (χ2v) is 7.70. The largest absolute Gasteiger partial charge is 0.467 e. The summed E-state index contributed by atoms with van der Waals surface area (Å²) in [6.07, 6.45) is -5.42. The van der Waals surface area contributed by atoms with Crippen LogP contribution in [0.3, 0.4) is 0 Å². The number of hydrogen-bond acceptors (Lipinski definition) is 3. The van der Waals surface area contributed by atoms with Crippen LogP contribution in [0.5, 0.6) is 0 Å². The third-order valence-electron chi connectivity index (χ3n) is 5.02. The van der Waals surface area contributed by atoms with Crippen molar-refractivity contribution >= 4 is 27.8 Å². The van der Waals surface area contributed by atoms with Gasteiger partial charge in [-0.25, -0.2) is 9.18 Å². The van der Waals surface area contributed by atoms with Crippen LogP contribution < -0.4 is 5.32 Å². The molecule has 1 fully saturated rings. The third kappa shape index (κ3) is 5.00. The first-order valence-electron chi connectivity index (χ1n) is 8.39. The highest BCUT2D eigenvalue weighted by molar-refractivity contribution is 9.10. The van der Waals surface area contributed by atoms with Crippen molar-refractivity contribution in [2.75, 3.05) is 7.11 Å². The van der Waals surface area contributed by atoms with Gasteiger partial charge in [-0.15, -0.1) is 0 Å². The zero-order chi connectivity index (χ0) is 20.4. The molecule has 0 saturated heterocycles. The van der Waals surface area contributed by atoms with Crippen LogP contribution in [0.15, 0.2) is 16.6 Å². The number of carbonyl (C=O) groups is 2. The summed E-state index contributed by atoms with van der Waals surface area (Å²) in [5, 5.41) is 2.55. The van der Waals surface area contributed by atoms with Crippen LogP contribution in [-0.2, 0) is 20.7 Å². The third-order valence-corrected chi connectivity index (χ3v) is 5.48. The molecule has 0 aliphatic heterocycles. The van der Waals surface area contributed by atoms with Gasteiger partial charge in [0.25, 0.3) is 0 Å². The van der Waals surface area contributed by atoms with Gasteiger partial charge in [-0.1, -0.05) is 15.9 Å². The minimum atomic E-state index is -4.34. The topological polar surface area (TPSA) is 55.4 Å². The van der Waals surface area contributed by atoms with E-state index in [0.29, 0.717) is 15.6 Å². The number of methoxy groups -OCH3 is 1. The standard InChI is InChI=1S/C18H20BrF4NO3/c1-10-11(7-13(19)9-14(10)20)8-15(25)24-17(16(26)27-2)5-3-12(4-6-17)18(21,22)23/h7,9,12H,3-6,8H2,1-2H3,(H,24,25). The van der Waals surface area contributed by atoms with Crippen LogP contribution in [0.2, 0.25) is 0 Å². The number of alkyl halides is 3. The molecule has 1 N–H and O–H groups in total. The molecule has 1 aliphatic carbocycles. The molecule has 27 heavy (non-hydrogen) atoms. The Bertz CT molecular complexity index is 728. The number of nitrogens with one attached hydrogen (secondary N) is 1. The number of rotatable bonds is 4. The first kappa shape index (κ1) is 21.7. The summed E-state index contributed by atoms with van der Waals surface area (Å²) in [7, 11) is 1.12. The van der Waals surface area contributed by atoms with Crippen LogP contribution in [0.25, 0.3) is 0 Å². The number of ether oxygens (including phenoxy) is 1. The van der Waals surface area contributed by atoms with Gasteiger partial charge in [0.15, 0.2) is 0 Å². The number of amides is 1. The van der Waals surface area contributed by atoms with E-state index in [1.54, 1.807) is 6.07 Å². The van der Waals surface area contributed by atoms with Gasteiger partial charge in [0, 0.05) is 4.47 Å². The average Bonchev–Trinajstić information content (AvgIpc) is 2.58. The second kappa shape index (κ2) is 8.16. The van der Waals surface area contributed by atoms with Crippen LogP contribution in [0.4, 0.5) is 17.6 Å². The molecule has 1 aromatic carbocycles. The van der Waals surface area contributed by atoms with Gasteiger partial charge < -0.3 is 10.1 Å². The molecule has 150 valence electrons. The van der Waals surface area contributed by atoms with E-state index in [-0.39, 0.29) is 32.1 Å². The Hall–Kier alpha value is -1.64. The van der Waals surface area contributed by atoms with E-state index in [1.807, 2.05) is 0 Å². The lowest BCUT2D eigenvalue weighted by atomic mass is 9.76. The summed E-state index contributed by atoms with van der Waals surface area (Å²) in [6.45, 7) is 1.52. The molecule has 1 aromatic rings. The monoisotopic (exact) mass is 453 g/mol. The highest BCUT2D eigenvalue weighted by atomic mass is 79.9. The number of halogens is 5. The van der Waals surface area contributed by atoms with Crippen LogP contribution in [0, 0.1) is 18.7 Å². The van der Waals surface area contributed by atoms with Crippen molar-refractivity contribution in [3.05, 3.63) is 33.5 Å². The Kier molecular flexibility index (Phi) is 6.55. The zero-order valence-corrected chi connectivity index (χ0v) is 16.5. The van der Waals surface area contributed by atoms with E-state index in [1.165, 1.54) is 13.0 Å². The quantitative estimate of drug-likeness (QED) is 0.548. The Morgan fingerprint density at radius 3 is 2.41 bits per heavy atom. The van der Waals surface area contributed by atoms with Gasteiger partial charge in [0.2, 0.25) is 5.91 Å². The predicted molar refractivity (Wildman–Crippen MR) is 93.4 cm³/mol. The molecule has 2 rings (SSSR count). The summed E-state index contributed by atoms with van der Waals surface area (Å²) in [6, 6.07) is 2.86. The molecule has 0 heterocycles. The lowest BCUT2D eigenvalue weighted by molar-refractivity contribution is -0.188. The molecule has 9 heteroatoms. The highest BCUT2D eigenvalue weighted by Gasteiger charge is 2.50. The molecule has 0 atom stereocenters. The van der Waals surface area contributed by atoms with Gasteiger partial charge in [0.05, 0.1) is 19.4 Å². The minimum absolute atomic E-state index is 0.165. The molecule has 0 aromatic heterocycles. The van der Waals surface area contributed by atoms with E-state index in [9.17, 15) is 27.2 Å². The Morgan fingerprint density at radius 1 is 1.30 bits per heavy atom. The van der Waals surface area contributed by atoms with Crippen molar-refractivity contribution in [1.29, 1.82) is 0 Å². The normalized spacial score (nSPS) is 23.0. The molecule has 1 aliphatic rings. The highest BCUT2D eigenvalue weighted by Crippen LogP contribution is 2.41. The smallest absolute Gasteiger partial charge is 0.391 e. The van der Waals surface area contributed by atoms with Crippen molar-refractivity contribution in [2.24, 2.45) is 5.92 Å². The molecule has 1 amide bonds. The number of carbonyl (C=O) groups excluding carboxylic acids is 2. The van der Waals surface area contributed by atoms with Crippen molar-refractivity contribution in [1.82, 2.24) is 5.32 Å². The number of esters is 1. The Balaban J connectivity index is 2.16. The van der Waals surface area contributed by atoms with Crippen molar-refractivity contribution in [2.45, 2.75) is 50.7 Å². The number of benzene rings is 1. The summed E-state index contributed by atoms with van der Waals surface area (Å²) in [4.78, 5) is 24.7. The van der Waals surface area contributed by atoms with Crippen LogP contribution in [0.1, 0.15) is 36.8 Å². The van der Waals surface area contributed by atoms with Gasteiger partial charge in [0.1, 0.15) is 11.4 Å². The molecular weight excluding hydrogens is 434 g/mol. The molecule has 0 spiro atoms. The van der Waals surface area contributed by atoms with Gasteiger partial charge in [-0.3, -0.25) is 4.79 Å². The van der Waals surface area contributed by atoms with Crippen LogP contribution in [-0.4, -0.2) is 30.7 Å². The molecule has 0 radical (unpaired) electrons. The van der Waals surface area contributed by atoms with Gasteiger partial charge in [-0.05, 0) is 55.9 Å². The summed E-state index contributed by atoms with van der Waals surface area (Å²) in [5.74, 6) is -3.34. The first-order valence-corrected chi connectivity index (χ1v) is 9.18. The Labute approximate surface area is 162 Å². The van der Waals surface area contributed by atoms with E-state index in [4.69, 9.17) is 4.74 Å². The molecule has 1 saturated carbocycles. The fraction of sp³-hybridized carbons (Fsp3) is 0.556. The maximum atomic E-state index is 13.8. The first-order chi connectivity index (χ1) is 12.5. The van der Waals surface area contributed by atoms with Gasteiger partial charge in [-0.2, -0.15) is 13.2 Å². The van der Waals surface area contributed by atoms with Crippen molar-refractivity contribution < 1.29 is 31.9 Å². The van der Waals surface area contributed by atoms with Crippen molar-refractivity contribution in [3.8, 4) is 0 Å². The molecule has 0 bridgehead atoms. The van der Waals surface area contributed by atoms with E-state index >= 15 is 0 Å². The maximum Gasteiger partial charge on any atom is 0.391 e. The number of hydrogen-bond donors (Lipinski definition) is 1. The lowest BCUT2D eigenvalue weighted by Crippen LogP contribution is -2.58. The van der Waals surface area contributed by atoms with Crippen LogP contribution >= 0.6 is 15.9 Å². The predicted octanol–water partition coefficient (Wildman–Crippen LogP) is 4.22. The van der Waals surface area contributed by atoms with E-state index in [0.717, 1.165) is 7.11 Å². The Morgan fingerprint density at radius 2 is 1.89 bits per heavy atom. The summed E-state index contributed by atoms with van der Waals surface area (Å²) >= 11 is 3.15. The van der Waals surface area contributed by atoms with E-state index < -0.39 is 35.3 Å². The maximum absolute atomic E-state index is 13.8. The summed E-state index contributed by atoms with van der Waals surface area (Å²) < 4.78 is 57.7. The van der Waals surface area contributed by atoms with E-state index in [2.05, 4.69) is 21.2 Å². The fourth-order valence-corrected chi connectivity index (χ4v) is 3.86. The SMILES string of the molecule is COC(=O)C1(NC(=O)Cc2cc(Br)cc(F)c2C)CCC(C(F)(F)F)CC1. The summed E-state index contributed by atoms with van der Waals surface area (Å²) in [5.41, 5.74) is -0.781. The molecule has 4 nitrogen and oxygen atoms in total. The molecular formula is C18H20BrF4NO3. The lowest BCUT2D eigenvalue weighted by Gasteiger charge is -2.38. The zero-order valence-electron chi connectivity index (χ0n) is 14.9. The van der Waals surface area contributed by atoms with Gasteiger partial charge >= 0.3 is 12.1 Å². The molecule has 0 unspecified atom stereocenters. The average molecular weight is 454 g/mol. The second-order valence-electron chi connectivity index (χ2n) is 6.79. The van der Waals surface area contributed by atoms with Crippen molar-refractivity contribution in [3.63, 3.8) is 0 Å².